The van der Waals surface area contributed by atoms with Gasteiger partial charge in [0.15, 0.2) is 6.61 Å². The van der Waals surface area contributed by atoms with Crippen LogP contribution in [0.1, 0.15) is 26.7 Å². The third kappa shape index (κ3) is 7.75. The Kier molecular flexibility index (Phi) is 10.1. The largest absolute Gasteiger partial charge is 0.484 e. The van der Waals surface area contributed by atoms with E-state index in [1.807, 2.05) is 103 Å². The molecular formula is C35H30N2O5S2. The van der Waals surface area contributed by atoms with Gasteiger partial charge < -0.3 is 20.1 Å². The molecule has 2 N–H and O–H groups in total. The van der Waals surface area contributed by atoms with Crippen LogP contribution in [0, 0.1) is 6.92 Å². The van der Waals surface area contributed by atoms with Crippen molar-refractivity contribution < 1.29 is 23.9 Å². The van der Waals surface area contributed by atoms with Gasteiger partial charge in [0.05, 0.1) is 7.11 Å². The number of hydrogen-bond acceptors (Lipinski definition) is 7. The van der Waals surface area contributed by atoms with Gasteiger partial charge in [-0.05, 0) is 48.4 Å². The van der Waals surface area contributed by atoms with E-state index in [0.717, 1.165) is 21.6 Å². The van der Waals surface area contributed by atoms with Crippen LogP contribution >= 0.6 is 23.1 Å². The molecule has 0 bridgehead atoms. The number of rotatable bonds is 11. The normalized spacial score (nSPS) is 11.3. The summed E-state index contributed by atoms with van der Waals surface area (Å²) in [6.07, 6.45) is 0. The monoisotopic (exact) mass is 622 g/mol. The van der Waals surface area contributed by atoms with E-state index in [1.165, 1.54) is 30.2 Å². The summed E-state index contributed by atoms with van der Waals surface area (Å²) in [5, 5.41) is 7.47. The van der Waals surface area contributed by atoms with E-state index in [-0.39, 0.29) is 18.4 Å². The number of ether oxygens (including phenoxy) is 2. The lowest BCUT2D eigenvalue weighted by molar-refractivity contribution is -0.118. The highest BCUT2D eigenvalue weighted by molar-refractivity contribution is 8.00. The van der Waals surface area contributed by atoms with Gasteiger partial charge in [0.2, 0.25) is 5.91 Å². The summed E-state index contributed by atoms with van der Waals surface area (Å²) >= 11 is 2.62. The Balaban J connectivity index is 1.35. The van der Waals surface area contributed by atoms with Crippen LogP contribution in [-0.4, -0.2) is 31.5 Å². The molecule has 1 unspecified atom stereocenters. The molecule has 0 aliphatic heterocycles. The van der Waals surface area contributed by atoms with E-state index < -0.39 is 11.2 Å². The number of carbonyl (C=O) groups is 3. The molecule has 1 aromatic heterocycles. The molecule has 0 aliphatic carbocycles. The molecule has 2 amide bonds. The predicted octanol–water partition coefficient (Wildman–Crippen LogP) is 8.00. The minimum atomic E-state index is -0.654. The molecule has 222 valence electrons. The van der Waals surface area contributed by atoms with Gasteiger partial charge in [-0.15, -0.1) is 23.1 Å². The number of thioether (sulfide) groups is 1. The van der Waals surface area contributed by atoms with Crippen LogP contribution in [0.25, 0.3) is 11.1 Å². The fourth-order valence-corrected chi connectivity index (χ4v) is 6.47. The first-order valence-electron chi connectivity index (χ1n) is 13.8. The molecule has 0 radical (unpaired) electrons. The number of thiophene rings is 1. The van der Waals surface area contributed by atoms with Gasteiger partial charge in [0, 0.05) is 21.5 Å². The number of aryl methyl sites for hydroxylation is 1. The zero-order valence-corrected chi connectivity index (χ0v) is 25.7. The molecule has 5 aromatic rings. The Hall–Kier alpha value is -4.86. The zero-order valence-electron chi connectivity index (χ0n) is 24.1. The second-order valence-electron chi connectivity index (χ2n) is 9.79. The Bertz CT molecular complexity index is 1740. The molecule has 44 heavy (non-hydrogen) atoms. The van der Waals surface area contributed by atoms with Gasteiger partial charge in [-0.1, -0.05) is 84.4 Å². The number of hydrogen-bond donors (Lipinski definition) is 2. The summed E-state index contributed by atoms with van der Waals surface area (Å²) in [5.41, 5.74) is 4.34. The third-order valence-corrected chi connectivity index (χ3v) is 8.75. The topological polar surface area (TPSA) is 93.7 Å². The van der Waals surface area contributed by atoms with Crippen LogP contribution in [0.2, 0.25) is 0 Å². The quantitative estimate of drug-likeness (QED) is 0.115. The maximum absolute atomic E-state index is 13.9. The smallest absolute Gasteiger partial charge is 0.341 e. The van der Waals surface area contributed by atoms with Crippen molar-refractivity contribution in [2.75, 3.05) is 24.4 Å². The summed E-state index contributed by atoms with van der Waals surface area (Å²) in [6.45, 7) is 1.86. The average Bonchev–Trinajstić information content (AvgIpc) is 3.47. The highest BCUT2D eigenvalue weighted by Crippen LogP contribution is 2.40. The number of amides is 2. The molecule has 7 nitrogen and oxygen atoms in total. The molecular weight excluding hydrogens is 593 g/mol. The minimum absolute atomic E-state index is 0.135. The molecule has 4 aromatic carbocycles. The van der Waals surface area contributed by atoms with Gasteiger partial charge in [0.1, 0.15) is 21.6 Å². The predicted molar refractivity (Wildman–Crippen MR) is 177 cm³/mol. The number of benzene rings is 4. The van der Waals surface area contributed by atoms with Crippen molar-refractivity contribution in [2.24, 2.45) is 0 Å². The number of esters is 1. The van der Waals surface area contributed by atoms with Gasteiger partial charge in [-0.3, -0.25) is 9.59 Å². The standard InChI is InChI=1S/C35H30N2O5S2/c1-23-16-18-24(19-17-23)29-22-43-34(31(29)35(40)41-2)37-33(39)32(25-10-5-3-6-11-25)44-28-15-9-12-26(20-28)36-30(38)21-42-27-13-7-4-8-14-27/h3-20,22,32H,21H2,1-2H3,(H,36,38)(H,37,39). The summed E-state index contributed by atoms with van der Waals surface area (Å²) in [7, 11) is 1.33. The Morgan fingerprint density at radius 2 is 1.55 bits per heavy atom. The number of anilines is 2. The molecule has 5 rings (SSSR count). The maximum Gasteiger partial charge on any atom is 0.341 e. The molecule has 0 aliphatic rings. The summed E-state index contributed by atoms with van der Waals surface area (Å²) in [6, 6.07) is 33.7. The second-order valence-corrected chi connectivity index (χ2v) is 11.8. The fraction of sp³-hybridized carbons (Fsp3) is 0.114. The number of para-hydroxylation sites is 1. The van der Waals surface area contributed by atoms with Crippen LogP contribution in [-0.2, 0) is 14.3 Å². The number of nitrogens with one attached hydrogen (secondary N) is 2. The SMILES string of the molecule is COC(=O)c1c(-c2ccc(C)cc2)csc1NC(=O)C(Sc1cccc(NC(=O)COc2ccccc2)c1)c1ccccc1. The van der Waals surface area contributed by atoms with Crippen LogP contribution in [0.3, 0.4) is 0 Å². The summed E-state index contributed by atoms with van der Waals surface area (Å²) < 4.78 is 10.6. The van der Waals surface area contributed by atoms with Crippen molar-refractivity contribution in [1.82, 2.24) is 0 Å². The molecule has 1 atom stereocenters. The first-order valence-corrected chi connectivity index (χ1v) is 15.5. The Morgan fingerprint density at radius 1 is 0.841 bits per heavy atom. The first kappa shape index (κ1) is 30.6. The van der Waals surface area contributed by atoms with Gasteiger partial charge in [-0.25, -0.2) is 4.79 Å². The van der Waals surface area contributed by atoms with Gasteiger partial charge >= 0.3 is 5.97 Å². The Labute approximate surface area is 264 Å². The van der Waals surface area contributed by atoms with Crippen LogP contribution in [0.5, 0.6) is 5.75 Å². The first-order chi connectivity index (χ1) is 21.4. The van der Waals surface area contributed by atoms with Gasteiger partial charge in [-0.2, -0.15) is 0 Å². The Morgan fingerprint density at radius 3 is 2.25 bits per heavy atom. The van der Waals surface area contributed by atoms with E-state index in [1.54, 1.807) is 18.2 Å². The number of carbonyl (C=O) groups excluding carboxylic acids is 3. The van der Waals surface area contributed by atoms with Crippen LogP contribution < -0.4 is 15.4 Å². The maximum atomic E-state index is 13.9. The molecule has 9 heteroatoms. The molecule has 1 heterocycles. The summed E-state index contributed by atoms with van der Waals surface area (Å²) in [5.74, 6) is -0.517. The van der Waals surface area contributed by atoms with Crippen molar-refractivity contribution in [1.29, 1.82) is 0 Å². The van der Waals surface area contributed by atoms with E-state index in [4.69, 9.17) is 9.47 Å². The fourth-order valence-electron chi connectivity index (χ4n) is 4.42. The van der Waals surface area contributed by atoms with E-state index >= 15 is 0 Å². The number of methoxy groups -OCH3 is 1. The molecule has 0 spiro atoms. The average molecular weight is 623 g/mol. The van der Waals surface area contributed by atoms with Crippen molar-refractivity contribution >= 4 is 51.6 Å². The lowest BCUT2D eigenvalue weighted by Gasteiger charge is -2.18. The van der Waals surface area contributed by atoms with E-state index in [2.05, 4.69) is 10.6 Å². The van der Waals surface area contributed by atoms with E-state index in [9.17, 15) is 14.4 Å². The highest BCUT2D eigenvalue weighted by atomic mass is 32.2. The van der Waals surface area contributed by atoms with Crippen LogP contribution in [0.15, 0.2) is 119 Å². The molecule has 0 saturated carbocycles. The lowest BCUT2D eigenvalue weighted by Crippen LogP contribution is -2.20. The molecule has 0 saturated heterocycles. The van der Waals surface area contributed by atoms with E-state index in [0.29, 0.717) is 27.6 Å². The van der Waals surface area contributed by atoms with Gasteiger partial charge in [0.25, 0.3) is 5.91 Å². The lowest BCUT2D eigenvalue weighted by atomic mass is 10.0. The van der Waals surface area contributed by atoms with Crippen molar-refractivity contribution in [3.05, 3.63) is 131 Å². The van der Waals surface area contributed by atoms with Crippen molar-refractivity contribution in [3.8, 4) is 16.9 Å². The minimum Gasteiger partial charge on any atom is -0.484 e. The van der Waals surface area contributed by atoms with Crippen molar-refractivity contribution in [2.45, 2.75) is 17.1 Å². The zero-order chi connectivity index (χ0) is 30.9. The van der Waals surface area contributed by atoms with Crippen LogP contribution in [0.4, 0.5) is 10.7 Å². The van der Waals surface area contributed by atoms with Crippen molar-refractivity contribution in [3.63, 3.8) is 0 Å². The summed E-state index contributed by atoms with van der Waals surface area (Å²) in [4.78, 5) is 40.1. The third-order valence-electron chi connectivity index (χ3n) is 6.61. The second kappa shape index (κ2) is 14.5. The highest BCUT2D eigenvalue weighted by Gasteiger charge is 2.27. The molecule has 0 fully saturated rings.